The van der Waals surface area contributed by atoms with Crippen LogP contribution in [0, 0.1) is 0 Å². The van der Waals surface area contributed by atoms with E-state index < -0.39 is 21.3 Å². The minimum atomic E-state index is -3.66. The molecule has 1 aromatic carbocycles. The molecule has 0 atom stereocenters. The molecule has 25 heavy (non-hydrogen) atoms. The Morgan fingerprint density at radius 3 is 2.64 bits per heavy atom. The van der Waals surface area contributed by atoms with Crippen LogP contribution in [0.4, 0.5) is 0 Å². The first-order chi connectivity index (χ1) is 11.9. The van der Waals surface area contributed by atoms with Crippen molar-refractivity contribution in [2.75, 3.05) is 7.11 Å². The molecule has 0 saturated heterocycles. The maximum Gasteiger partial charge on any atom is 0.312 e. The van der Waals surface area contributed by atoms with Crippen LogP contribution in [0.15, 0.2) is 36.5 Å². The third kappa shape index (κ3) is 2.49. The number of ether oxygens (including phenoxy) is 1. The molecule has 2 aromatic heterocycles. The molecule has 1 saturated carbocycles. The number of hydrogen-bond acceptors (Lipinski definition) is 5. The highest BCUT2D eigenvalue weighted by atomic mass is 32.2. The minimum absolute atomic E-state index is 0.132. The number of carbonyl (C=O) groups is 1. The Morgan fingerprint density at radius 2 is 2.00 bits per heavy atom. The average molecular weight is 360 g/mol. The van der Waals surface area contributed by atoms with Gasteiger partial charge in [-0.05, 0) is 18.9 Å². The van der Waals surface area contributed by atoms with Gasteiger partial charge in [0.2, 0.25) is 0 Å². The maximum absolute atomic E-state index is 12.1. The molecule has 0 radical (unpaired) electrons. The SMILES string of the molecule is COc1cc(OS(=O)(=O)C2CC2)cn2c1c(C(N)=O)c1ccccc12. The van der Waals surface area contributed by atoms with Crippen molar-refractivity contribution >= 4 is 32.4 Å². The lowest BCUT2D eigenvalue weighted by Gasteiger charge is -2.10. The number of methoxy groups -OCH3 is 1. The molecule has 130 valence electrons. The molecule has 0 bridgehead atoms. The number of primary amides is 1. The van der Waals surface area contributed by atoms with Gasteiger partial charge in [0.25, 0.3) is 5.91 Å². The van der Waals surface area contributed by atoms with Crippen molar-refractivity contribution in [3.8, 4) is 11.5 Å². The van der Waals surface area contributed by atoms with Crippen molar-refractivity contribution < 1.29 is 22.1 Å². The van der Waals surface area contributed by atoms with E-state index in [4.69, 9.17) is 14.7 Å². The van der Waals surface area contributed by atoms with Crippen LogP contribution in [0.2, 0.25) is 0 Å². The second-order valence-corrected chi connectivity index (χ2v) is 7.81. The molecular weight excluding hydrogens is 344 g/mol. The number of rotatable bonds is 5. The third-order valence-electron chi connectivity index (χ3n) is 4.29. The van der Waals surface area contributed by atoms with Gasteiger partial charge in [-0.3, -0.25) is 4.79 Å². The predicted octanol–water partition coefficient (Wildman–Crippen LogP) is 2.07. The smallest absolute Gasteiger partial charge is 0.312 e. The Kier molecular flexibility index (Phi) is 3.40. The number of carbonyl (C=O) groups excluding carboxylic acids is 1. The molecule has 1 amide bonds. The summed E-state index contributed by atoms with van der Waals surface area (Å²) in [5.41, 5.74) is 7.08. The normalized spacial score (nSPS) is 14.8. The number of para-hydroxylation sites is 1. The van der Waals surface area contributed by atoms with Crippen molar-refractivity contribution in [2.24, 2.45) is 5.73 Å². The summed E-state index contributed by atoms with van der Waals surface area (Å²) in [6, 6.07) is 8.67. The van der Waals surface area contributed by atoms with Crippen molar-refractivity contribution in [2.45, 2.75) is 18.1 Å². The van der Waals surface area contributed by atoms with Gasteiger partial charge < -0.3 is 19.1 Å². The molecule has 0 spiro atoms. The van der Waals surface area contributed by atoms with E-state index >= 15 is 0 Å². The van der Waals surface area contributed by atoms with Crippen LogP contribution in [0.3, 0.4) is 0 Å². The molecule has 3 aromatic rings. The van der Waals surface area contributed by atoms with Gasteiger partial charge in [-0.1, -0.05) is 18.2 Å². The Balaban J connectivity index is 2.01. The van der Waals surface area contributed by atoms with E-state index in [0.29, 0.717) is 40.6 Å². The average Bonchev–Trinajstić information content (AvgIpc) is 3.37. The van der Waals surface area contributed by atoms with Gasteiger partial charge in [0.15, 0.2) is 5.75 Å². The van der Waals surface area contributed by atoms with E-state index in [2.05, 4.69) is 0 Å². The fraction of sp³-hybridized carbons (Fsp3) is 0.235. The largest absolute Gasteiger partial charge is 0.494 e. The van der Waals surface area contributed by atoms with Crippen LogP contribution in [0.1, 0.15) is 23.2 Å². The lowest BCUT2D eigenvalue weighted by Crippen LogP contribution is -2.15. The zero-order valence-corrected chi connectivity index (χ0v) is 14.2. The topological polar surface area (TPSA) is 100 Å². The van der Waals surface area contributed by atoms with Crippen LogP contribution in [-0.2, 0) is 10.1 Å². The fourth-order valence-electron chi connectivity index (χ4n) is 3.01. The predicted molar refractivity (Wildman–Crippen MR) is 92.5 cm³/mol. The summed E-state index contributed by atoms with van der Waals surface area (Å²) in [7, 11) is -2.22. The maximum atomic E-state index is 12.1. The molecule has 2 N–H and O–H groups in total. The van der Waals surface area contributed by atoms with Crippen molar-refractivity contribution in [1.29, 1.82) is 0 Å². The highest BCUT2D eigenvalue weighted by Crippen LogP contribution is 2.37. The monoisotopic (exact) mass is 360 g/mol. The molecule has 8 heteroatoms. The number of benzene rings is 1. The molecule has 4 rings (SSSR count). The molecule has 1 aliphatic carbocycles. The zero-order valence-electron chi connectivity index (χ0n) is 13.4. The lowest BCUT2D eigenvalue weighted by atomic mass is 10.1. The zero-order chi connectivity index (χ0) is 17.8. The number of pyridine rings is 1. The first-order valence-corrected chi connectivity index (χ1v) is 9.23. The summed E-state index contributed by atoms with van der Waals surface area (Å²) < 4.78 is 36.6. The Hall–Kier alpha value is -2.74. The van der Waals surface area contributed by atoms with Crippen LogP contribution in [0.5, 0.6) is 11.5 Å². The van der Waals surface area contributed by atoms with Gasteiger partial charge in [0.1, 0.15) is 11.3 Å². The molecule has 7 nitrogen and oxygen atoms in total. The molecule has 2 heterocycles. The Bertz CT molecular complexity index is 1110. The number of fused-ring (bicyclic) bond motifs is 3. The highest BCUT2D eigenvalue weighted by molar-refractivity contribution is 7.88. The Labute approximate surface area is 144 Å². The van der Waals surface area contributed by atoms with Gasteiger partial charge in [0, 0.05) is 11.5 Å². The van der Waals surface area contributed by atoms with Gasteiger partial charge in [0.05, 0.1) is 29.6 Å². The van der Waals surface area contributed by atoms with Crippen LogP contribution >= 0.6 is 0 Å². The van der Waals surface area contributed by atoms with Gasteiger partial charge in [-0.25, -0.2) is 0 Å². The van der Waals surface area contributed by atoms with Crippen LogP contribution in [-0.4, -0.2) is 31.1 Å². The van der Waals surface area contributed by atoms with Crippen LogP contribution in [0.25, 0.3) is 16.4 Å². The second-order valence-electron chi connectivity index (χ2n) is 5.99. The van der Waals surface area contributed by atoms with E-state index in [1.165, 1.54) is 19.4 Å². The van der Waals surface area contributed by atoms with E-state index in [1.807, 2.05) is 12.1 Å². The van der Waals surface area contributed by atoms with Crippen molar-refractivity contribution in [3.05, 3.63) is 42.1 Å². The van der Waals surface area contributed by atoms with Crippen LogP contribution < -0.4 is 14.7 Å². The summed E-state index contributed by atoms with van der Waals surface area (Å²) in [6.45, 7) is 0. The minimum Gasteiger partial charge on any atom is -0.494 e. The summed E-state index contributed by atoms with van der Waals surface area (Å²) in [5, 5.41) is 0.215. The number of amides is 1. The Morgan fingerprint density at radius 1 is 1.28 bits per heavy atom. The highest BCUT2D eigenvalue weighted by Gasteiger charge is 2.38. The molecule has 0 aliphatic heterocycles. The molecule has 0 unspecified atom stereocenters. The third-order valence-corrected chi connectivity index (χ3v) is 6.00. The number of hydrogen-bond donors (Lipinski definition) is 1. The number of aromatic nitrogens is 1. The molecule has 1 aliphatic rings. The first kappa shape index (κ1) is 15.8. The van der Waals surface area contributed by atoms with Gasteiger partial charge in [-0.15, -0.1) is 0 Å². The summed E-state index contributed by atoms with van der Waals surface area (Å²) >= 11 is 0. The fourth-order valence-corrected chi connectivity index (χ4v) is 4.22. The summed E-state index contributed by atoms with van der Waals surface area (Å²) in [6.07, 6.45) is 2.76. The van der Waals surface area contributed by atoms with Gasteiger partial charge >= 0.3 is 10.1 Å². The van der Waals surface area contributed by atoms with E-state index in [1.54, 1.807) is 16.5 Å². The standard InChI is InChI=1S/C17H16N2O5S/c1-23-14-8-10(24-25(21,22)11-6-7-11)9-19-13-5-3-2-4-12(13)15(16(14)19)17(18)20/h2-5,8-9,11H,6-7H2,1H3,(H2,18,20). The number of nitrogens with two attached hydrogens (primary N) is 1. The van der Waals surface area contributed by atoms with E-state index in [-0.39, 0.29) is 5.75 Å². The first-order valence-electron chi connectivity index (χ1n) is 7.76. The van der Waals surface area contributed by atoms with E-state index in [0.717, 1.165) is 0 Å². The van der Waals surface area contributed by atoms with Crippen molar-refractivity contribution in [1.82, 2.24) is 4.40 Å². The number of nitrogens with zero attached hydrogens (tertiary/aromatic N) is 1. The summed E-state index contributed by atoms with van der Waals surface area (Å²) in [4.78, 5) is 12.0. The quantitative estimate of drug-likeness (QED) is 0.702. The summed E-state index contributed by atoms with van der Waals surface area (Å²) in [5.74, 6) is -0.141. The molecule has 1 fully saturated rings. The van der Waals surface area contributed by atoms with Gasteiger partial charge in [-0.2, -0.15) is 8.42 Å². The molecular formula is C17H16N2O5S. The lowest BCUT2D eigenvalue weighted by molar-refractivity contribution is 0.100. The van der Waals surface area contributed by atoms with Crippen molar-refractivity contribution in [3.63, 3.8) is 0 Å². The second kappa shape index (κ2) is 5.38. The van der Waals surface area contributed by atoms with E-state index in [9.17, 15) is 13.2 Å².